The Labute approximate surface area is 165 Å². The smallest absolute Gasteiger partial charge is 0.307 e. The first-order valence-corrected chi connectivity index (χ1v) is 10.6. The van der Waals surface area contributed by atoms with Crippen LogP contribution in [0.5, 0.6) is 0 Å². The van der Waals surface area contributed by atoms with Crippen LogP contribution in [-0.4, -0.2) is 39.2 Å². The molecule has 0 bridgehead atoms. The molecule has 0 saturated heterocycles. The maximum Gasteiger partial charge on any atom is 0.307 e. The normalized spacial score (nSPS) is 11.5. The number of hydrogen-bond acceptors (Lipinski definition) is 6. The Morgan fingerprint density at radius 3 is 2.71 bits per heavy atom. The molecule has 3 rings (SSSR count). The highest BCUT2D eigenvalue weighted by Crippen LogP contribution is 2.24. The van der Waals surface area contributed by atoms with Crippen LogP contribution in [0.3, 0.4) is 0 Å². The maximum atomic E-state index is 12.8. The molecule has 0 aliphatic carbocycles. The van der Waals surface area contributed by atoms with E-state index in [2.05, 4.69) is 10.0 Å². The van der Waals surface area contributed by atoms with Crippen molar-refractivity contribution in [3.05, 3.63) is 57.7 Å². The van der Waals surface area contributed by atoms with Gasteiger partial charge in [0.25, 0.3) is 15.9 Å². The number of ether oxygens (including phenoxy) is 1. The van der Waals surface area contributed by atoms with E-state index in [0.717, 1.165) is 11.3 Å². The lowest BCUT2D eigenvalue weighted by Crippen LogP contribution is -2.28. The molecule has 8 nitrogen and oxygen atoms in total. The molecule has 0 atom stereocenters. The molecular formula is C18H19N3O5S2. The van der Waals surface area contributed by atoms with Crippen molar-refractivity contribution >= 4 is 43.2 Å². The van der Waals surface area contributed by atoms with Crippen molar-refractivity contribution in [1.82, 2.24) is 9.88 Å². The first-order valence-electron chi connectivity index (χ1n) is 8.32. The van der Waals surface area contributed by atoms with Crippen LogP contribution in [0.1, 0.15) is 10.4 Å². The topological polar surface area (TPSA) is 106 Å². The third kappa shape index (κ3) is 4.08. The second kappa shape index (κ2) is 8.13. The summed E-state index contributed by atoms with van der Waals surface area (Å²) >= 11 is 0.974. The number of hydrogen-bond donors (Lipinski definition) is 2. The standard InChI is InChI=1S/C18H19N3O5S2/c1-21-15-8-7-12(11-16(15)27-18(21)23)28(24,25)20-14-6-4-3-5-13(14)17(22)19-9-10-26-2/h3-8,11,20H,9-10H2,1-2H3,(H,19,22). The zero-order valence-electron chi connectivity index (χ0n) is 15.3. The molecule has 0 aliphatic heterocycles. The lowest BCUT2D eigenvalue weighted by molar-refractivity contribution is 0.0938. The van der Waals surface area contributed by atoms with E-state index in [-0.39, 0.29) is 21.0 Å². The van der Waals surface area contributed by atoms with Crippen molar-refractivity contribution in [3.63, 3.8) is 0 Å². The van der Waals surface area contributed by atoms with Gasteiger partial charge in [0.05, 0.1) is 33.0 Å². The molecule has 0 fully saturated rings. The molecule has 28 heavy (non-hydrogen) atoms. The summed E-state index contributed by atoms with van der Waals surface area (Å²) in [6.07, 6.45) is 0. The fraction of sp³-hybridized carbons (Fsp3) is 0.222. The number of amides is 1. The Balaban J connectivity index is 1.91. The summed E-state index contributed by atoms with van der Waals surface area (Å²) in [5.74, 6) is -0.410. The number of aryl methyl sites for hydroxylation is 1. The molecule has 148 valence electrons. The second-order valence-corrected chi connectivity index (χ2v) is 8.63. The quantitative estimate of drug-likeness (QED) is 0.566. The molecule has 2 aromatic carbocycles. The van der Waals surface area contributed by atoms with E-state index in [4.69, 9.17) is 4.74 Å². The second-order valence-electron chi connectivity index (χ2n) is 5.96. The highest BCUT2D eigenvalue weighted by Gasteiger charge is 2.19. The first kappa shape index (κ1) is 20.1. The van der Waals surface area contributed by atoms with Crippen molar-refractivity contribution in [2.24, 2.45) is 7.05 Å². The summed E-state index contributed by atoms with van der Waals surface area (Å²) in [5, 5.41) is 2.66. The number of methoxy groups -OCH3 is 1. The number of thiazole rings is 1. The third-order valence-corrected chi connectivity index (χ3v) is 6.44. The molecule has 2 N–H and O–H groups in total. The first-order chi connectivity index (χ1) is 13.3. The Morgan fingerprint density at radius 2 is 1.96 bits per heavy atom. The van der Waals surface area contributed by atoms with Gasteiger partial charge in [0, 0.05) is 20.7 Å². The molecule has 0 spiro atoms. The minimum atomic E-state index is -3.95. The molecule has 0 unspecified atom stereocenters. The van der Waals surface area contributed by atoms with Crippen LogP contribution < -0.4 is 14.9 Å². The number of rotatable bonds is 7. The van der Waals surface area contributed by atoms with Gasteiger partial charge >= 0.3 is 4.87 Å². The number of benzene rings is 2. The lowest BCUT2D eigenvalue weighted by atomic mass is 10.2. The van der Waals surface area contributed by atoms with Gasteiger partial charge in [-0.1, -0.05) is 23.5 Å². The number of nitrogens with zero attached hydrogens (tertiary/aromatic N) is 1. The van der Waals surface area contributed by atoms with Gasteiger partial charge in [0.1, 0.15) is 0 Å². The van der Waals surface area contributed by atoms with E-state index in [1.54, 1.807) is 25.2 Å². The molecular weight excluding hydrogens is 402 g/mol. The van der Waals surface area contributed by atoms with E-state index >= 15 is 0 Å². The van der Waals surface area contributed by atoms with E-state index in [0.29, 0.717) is 23.4 Å². The van der Waals surface area contributed by atoms with Gasteiger partial charge in [-0.3, -0.25) is 14.3 Å². The Hall–Kier alpha value is -2.69. The number of anilines is 1. The van der Waals surface area contributed by atoms with Gasteiger partial charge in [-0.2, -0.15) is 0 Å². The summed E-state index contributed by atoms with van der Waals surface area (Å²) in [5.41, 5.74) is 1.03. The SMILES string of the molecule is COCCNC(=O)c1ccccc1NS(=O)(=O)c1ccc2c(c1)sc(=O)n2C. The van der Waals surface area contributed by atoms with Crippen LogP contribution in [0, 0.1) is 0 Å². The minimum Gasteiger partial charge on any atom is -0.383 e. The van der Waals surface area contributed by atoms with Gasteiger partial charge in [-0.05, 0) is 30.3 Å². The summed E-state index contributed by atoms with van der Waals surface area (Å²) in [7, 11) is -0.796. The van der Waals surface area contributed by atoms with Crippen LogP contribution in [0.25, 0.3) is 10.2 Å². The fourth-order valence-corrected chi connectivity index (χ4v) is 4.72. The van der Waals surface area contributed by atoms with Crippen molar-refractivity contribution in [2.75, 3.05) is 25.0 Å². The number of sulfonamides is 1. The van der Waals surface area contributed by atoms with Crippen LogP contribution in [0.15, 0.2) is 52.2 Å². The summed E-state index contributed by atoms with van der Waals surface area (Å²) in [6, 6.07) is 10.8. The molecule has 0 aliphatic rings. The molecule has 0 radical (unpaired) electrons. The highest BCUT2D eigenvalue weighted by atomic mass is 32.2. The van der Waals surface area contributed by atoms with Crippen LogP contribution in [-0.2, 0) is 21.8 Å². The molecule has 1 heterocycles. The van der Waals surface area contributed by atoms with Crippen LogP contribution in [0.2, 0.25) is 0 Å². The van der Waals surface area contributed by atoms with Crippen molar-refractivity contribution < 1.29 is 17.9 Å². The van der Waals surface area contributed by atoms with Crippen molar-refractivity contribution in [3.8, 4) is 0 Å². The molecule has 10 heteroatoms. The van der Waals surface area contributed by atoms with Crippen molar-refractivity contribution in [1.29, 1.82) is 0 Å². The van der Waals surface area contributed by atoms with Gasteiger partial charge in [0.2, 0.25) is 0 Å². The van der Waals surface area contributed by atoms with E-state index in [1.165, 1.54) is 35.9 Å². The van der Waals surface area contributed by atoms with Gasteiger partial charge < -0.3 is 14.6 Å². The third-order valence-electron chi connectivity index (χ3n) is 4.08. The predicted octanol–water partition coefficient (Wildman–Crippen LogP) is 1.78. The maximum absolute atomic E-state index is 12.8. The number of nitrogens with one attached hydrogen (secondary N) is 2. The Bertz CT molecular complexity index is 1180. The number of carbonyl (C=O) groups excluding carboxylic acids is 1. The number of carbonyl (C=O) groups is 1. The summed E-state index contributed by atoms with van der Waals surface area (Å²) in [4.78, 5) is 24.0. The summed E-state index contributed by atoms with van der Waals surface area (Å²) in [6.45, 7) is 0.652. The van der Waals surface area contributed by atoms with Gasteiger partial charge in [0.15, 0.2) is 0 Å². The highest BCUT2D eigenvalue weighted by molar-refractivity contribution is 7.92. The van der Waals surface area contributed by atoms with Crippen LogP contribution >= 0.6 is 11.3 Å². The molecule has 0 saturated carbocycles. The molecule has 1 aromatic heterocycles. The van der Waals surface area contributed by atoms with Gasteiger partial charge in [-0.15, -0.1) is 0 Å². The monoisotopic (exact) mass is 421 g/mol. The average Bonchev–Trinajstić information content (AvgIpc) is 2.95. The number of aromatic nitrogens is 1. The Morgan fingerprint density at radius 1 is 1.21 bits per heavy atom. The Kier molecular flexibility index (Phi) is 5.82. The average molecular weight is 422 g/mol. The largest absolute Gasteiger partial charge is 0.383 e. The van der Waals surface area contributed by atoms with Crippen molar-refractivity contribution in [2.45, 2.75) is 4.90 Å². The number of para-hydroxylation sites is 1. The fourth-order valence-electron chi connectivity index (χ4n) is 2.62. The molecule has 1 amide bonds. The number of fused-ring (bicyclic) bond motifs is 1. The van der Waals surface area contributed by atoms with E-state index in [1.807, 2.05) is 0 Å². The van der Waals surface area contributed by atoms with E-state index < -0.39 is 15.9 Å². The zero-order valence-corrected chi connectivity index (χ0v) is 16.9. The lowest BCUT2D eigenvalue weighted by Gasteiger charge is -2.13. The van der Waals surface area contributed by atoms with Crippen LogP contribution in [0.4, 0.5) is 5.69 Å². The zero-order chi connectivity index (χ0) is 20.3. The summed E-state index contributed by atoms with van der Waals surface area (Å²) < 4.78 is 35.0. The predicted molar refractivity (Wildman–Crippen MR) is 109 cm³/mol. The van der Waals surface area contributed by atoms with E-state index in [9.17, 15) is 18.0 Å². The molecule has 3 aromatic rings. The minimum absolute atomic E-state index is 0.0106. The van der Waals surface area contributed by atoms with Gasteiger partial charge in [-0.25, -0.2) is 8.42 Å².